The first-order valence-corrected chi connectivity index (χ1v) is 4.51. The van der Waals surface area contributed by atoms with Crippen molar-refractivity contribution >= 4 is 5.97 Å². The van der Waals surface area contributed by atoms with E-state index in [-0.39, 0.29) is 0 Å². The van der Waals surface area contributed by atoms with E-state index in [9.17, 15) is 4.79 Å². The number of esters is 1. The van der Waals surface area contributed by atoms with Crippen molar-refractivity contribution in [3.63, 3.8) is 0 Å². The SMILES string of the molecule is CC.O=C1OC2C(O)C(O)OC2C1O. The van der Waals surface area contributed by atoms with Crippen LogP contribution in [0.3, 0.4) is 0 Å². The second-order valence-corrected chi connectivity index (χ2v) is 2.83. The highest BCUT2D eigenvalue weighted by atomic mass is 16.7. The zero-order valence-electron chi connectivity index (χ0n) is 7.95. The average Bonchev–Trinajstić information content (AvgIpc) is 2.61. The highest BCUT2D eigenvalue weighted by Crippen LogP contribution is 2.30. The van der Waals surface area contributed by atoms with E-state index in [0.29, 0.717) is 0 Å². The first-order chi connectivity index (χ1) is 6.61. The fraction of sp³-hybridized carbons (Fsp3) is 0.875. The van der Waals surface area contributed by atoms with Crippen LogP contribution in [0.15, 0.2) is 0 Å². The molecule has 2 heterocycles. The molecule has 0 radical (unpaired) electrons. The van der Waals surface area contributed by atoms with Gasteiger partial charge in [0.2, 0.25) is 0 Å². The highest BCUT2D eigenvalue weighted by molar-refractivity contribution is 5.78. The Morgan fingerprint density at radius 3 is 2.21 bits per heavy atom. The summed E-state index contributed by atoms with van der Waals surface area (Å²) in [4.78, 5) is 10.7. The largest absolute Gasteiger partial charge is 0.454 e. The highest BCUT2D eigenvalue weighted by Gasteiger charge is 2.56. The fourth-order valence-corrected chi connectivity index (χ4v) is 1.40. The van der Waals surface area contributed by atoms with Crippen molar-refractivity contribution in [2.45, 2.75) is 44.6 Å². The van der Waals surface area contributed by atoms with Gasteiger partial charge in [-0.25, -0.2) is 4.79 Å². The maximum atomic E-state index is 10.7. The lowest BCUT2D eigenvalue weighted by molar-refractivity contribution is -0.168. The molecule has 14 heavy (non-hydrogen) atoms. The van der Waals surface area contributed by atoms with Crippen molar-refractivity contribution in [1.82, 2.24) is 0 Å². The van der Waals surface area contributed by atoms with Crippen molar-refractivity contribution in [3.8, 4) is 0 Å². The molecule has 2 fully saturated rings. The van der Waals surface area contributed by atoms with Gasteiger partial charge in [0.05, 0.1) is 0 Å². The van der Waals surface area contributed by atoms with Crippen LogP contribution in [0.2, 0.25) is 0 Å². The number of aliphatic hydroxyl groups excluding tert-OH is 3. The van der Waals surface area contributed by atoms with Crippen molar-refractivity contribution in [2.75, 3.05) is 0 Å². The van der Waals surface area contributed by atoms with Gasteiger partial charge in [0, 0.05) is 0 Å². The Balaban J connectivity index is 0.000000461. The number of rotatable bonds is 0. The molecule has 2 aliphatic heterocycles. The molecule has 0 aromatic heterocycles. The van der Waals surface area contributed by atoms with Crippen molar-refractivity contribution in [1.29, 1.82) is 0 Å². The van der Waals surface area contributed by atoms with E-state index in [1.54, 1.807) is 0 Å². The van der Waals surface area contributed by atoms with Crippen molar-refractivity contribution < 1.29 is 29.6 Å². The van der Waals surface area contributed by atoms with Gasteiger partial charge < -0.3 is 24.8 Å². The lowest BCUT2D eigenvalue weighted by Gasteiger charge is -2.10. The number of aliphatic hydroxyl groups is 3. The molecular weight excluding hydrogens is 192 g/mol. The molecule has 5 atom stereocenters. The predicted molar refractivity (Wildman–Crippen MR) is 44.1 cm³/mol. The minimum Gasteiger partial charge on any atom is -0.454 e. The van der Waals surface area contributed by atoms with Crippen LogP contribution in [-0.4, -0.2) is 52.0 Å². The monoisotopic (exact) mass is 206 g/mol. The molecule has 0 aromatic carbocycles. The maximum Gasteiger partial charge on any atom is 0.338 e. The molecule has 0 aliphatic carbocycles. The zero-order valence-corrected chi connectivity index (χ0v) is 7.95. The van der Waals surface area contributed by atoms with E-state index >= 15 is 0 Å². The maximum absolute atomic E-state index is 10.7. The molecule has 82 valence electrons. The third-order valence-electron chi connectivity index (χ3n) is 2.05. The normalized spacial score (nSPS) is 45.2. The second kappa shape index (κ2) is 4.22. The van der Waals surface area contributed by atoms with E-state index < -0.39 is 36.7 Å². The predicted octanol–water partition coefficient (Wildman–Crippen LogP) is -1.62. The Morgan fingerprint density at radius 2 is 1.71 bits per heavy atom. The van der Waals surface area contributed by atoms with E-state index in [2.05, 4.69) is 9.47 Å². The van der Waals surface area contributed by atoms with Crippen molar-refractivity contribution in [2.24, 2.45) is 0 Å². The van der Waals surface area contributed by atoms with Gasteiger partial charge in [-0.15, -0.1) is 0 Å². The molecule has 2 aliphatic rings. The number of carbonyl (C=O) groups excluding carboxylic acids is 1. The van der Waals surface area contributed by atoms with Crippen molar-refractivity contribution in [3.05, 3.63) is 0 Å². The van der Waals surface area contributed by atoms with Gasteiger partial charge >= 0.3 is 5.97 Å². The summed E-state index contributed by atoms with van der Waals surface area (Å²) in [5.74, 6) is -0.823. The first kappa shape index (κ1) is 11.4. The summed E-state index contributed by atoms with van der Waals surface area (Å²) in [6.45, 7) is 4.00. The molecule has 6 nitrogen and oxygen atoms in total. The van der Waals surface area contributed by atoms with Crippen LogP contribution in [0.1, 0.15) is 13.8 Å². The number of hydrogen-bond donors (Lipinski definition) is 3. The summed E-state index contributed by atoms with van der Waals surface area (Å²) >= 11 is 0. The summed E-state index contributed by atoms with van der Waals surface area (Å²) in [7, 11) is 0. The van der Waals surface area contributed by atoms with Gasteiger partial charge in [-0.05, 0) is 0 Å². The minimum atomic E-state index is -1.40. The number of carbonyl (C=O) groups is 1. The second-order valence-electron chi connectivity index (χ2n) is 2.83. The summed E-state index contributed by atoms with van der Waals surface area (Å²) < 4.78 is 9.25. The molecule has 2 rings (SSSR count). The van der Waals surface area contributed by atoms with Gasteiger partial charge in [-0.3, -0.25) is 0 Å². The number of ether oxygens (including phenoxy) is 2. The van der Waals surface area contributed by atoms with Crippen LogP contribution >= 0.6 is 0 Å². The topological polar surface area (TPSA) is 96.2 Å². The molecule has 2 saturated heterocycles. The molecule has 0 spiro atoms. The van der Waals surface area contributed by atoms with Gasteiger partial charge in [0.25, 0.3) is 0 Å². The van der Waals surface area contributed by atoms with Gasteiger partial charge in [-0.2, -0.15) is 0 Å². The van der Waals surface area contributed by atoms with E-state index in [1.807, 2.05) is 13.8 Å². The zero-order chi connectivity index (χ0) is 10.9. The lowest BCUT2D eigenvalue weighted by atomic mass is 10.1. The minimum absolute atomic E-state index is 0.823. The molecular formula is C8H14O6. The van der Waals surface area contributed by atoms with Crippen LogP contribution in [0.4, 0.5) is 0 Å². The molecule has 0 bridgehead atoms. The van der Waals surface area contributed by atoms with Crippen LogP contribution in [-0.2, 0) is 14.3 Å². The molecule has 5 unspecified atom stereocenters. The van der Waals surface area contributed by atoms with Gasteiger partial charge in [0.15, 0.2) is 18.5 Å². The summed E-state index contributed by atoms with van der Waals surface area (Å²) in [6.07, 6.45) is -5.94. The Hall–Kier alpha value is -0.690. The van der Waals surface area contributed by atoms with Crippen LogP contribution < -0.4 is 0 Å². The quantitative estimate of drug-likeness (QED) is 0.412. The standard InChI is InChI=1S/C6H8O6.C2H6/c7-1-3-4(12-5(1)9)2(8)6(10)11-3;1-2/h1-5,7-9H;1-2H3. The first-order valence-electron chi connectivity index (χ1n) is 4.51. The van der Waals surface area contributed by atoms with Crippen LogP contribution in [0.5, 0.6) is 0 Å². The van der Waals surface area contributed by atoms with E-state index in [1.165, 1.54) is 0 Å². The third-order valence-corrected chi connectivity index (χ3v) is 2.05. The molecule has 0 amide bonds. The van der Waals surface area contributed by atoms with Gasteiger partial charge in [-0.1, -0.05) is 13.8 Å². The fourth-order valence-electron chi connectivity index (χ4n) is 1.40. The Morgan fingerprint density at radius 1 is 1.14 bits per heavy atom. The summed E-state index contributed by atoms with van der Waals surface area (Å²) in [6, 6.07) is 0. The number of hydrogen-bond acceptors (Lipinski definition) is 6. The molecule has 0 saturated carbocycles. The lowest BCUT2D eigenvalue weighted by Crippen LogP contribution is -2.32. The van der Waals surface area contributed by atoms with E-state index in [4.69, 9.17) is 15.3 Å². The third kappa shape index (κ3) is 1.61. The molecule has 0 aromatic rings. The Labute approximate surface area is 81.1 Å². The smallest absolute Gasteiger partial charge is 0.338 e. The van der Waals surface area contributed by atoms with E-state index in [0.717, 1.165) is 0 Å². The van der Waals surface area contributed by atoms with Gasteiger partial charge in [0.1, 0.15) is 12.2 Å². The average molecular weight is 206 g/mol. The van der Waals surface area contributed by atoms with Crippen LogP contribution in [0, 0.1) is 0 Å². The Kier molecular flexibility index (Phi) is 3.43. The van der Waals surface area contributed by atoms with Crippen LogP contribution in [0.25, 0.3) is 0 Å². The number of fused-ring (bicyclic) bond motifs is 1. The molecule has 3 N–H and O–H groups in total. The molecule has 6 heteroatoms. The Bertz CT molecular complexity index is 218. The summed E-state index contributed by atoms with van der Waals surface area (Å²) in [5, 5.41) is 27.2. The summed E-state index contributed by atoms with van der Waals surface area (Å²) in [5.41, 5.74) is 0.